The van der Waals surface area contributed by atoms with Gasteiger partial charge in [0.05, 0.1) is 6.04 Å². The Balaban J connectivity index is 1.76. The summed E-state index contributed by atoms with van der Waals surface area (Å²) in [5.74, 6) is 0.0272. The molecule has 0 spiro atoms. The standard InChI is InChI=1S/C19H21NO/c1-2-14-10-12-16(13-11-14)19(21)20-18-9-5-7-15-6-3-4-8-17(15)18/h3-4,6,8,10-13,18H,2,5,7,9H2,1H3,(H,20,21). The Morgan fingerprint density at radius 2 is 1.90 bits per heavy atom. The molecule has 1 unspecified atom stereocenters. The van der Waals surface area contributed by atoms with Gasteiger partial charge >= 0.3 is 0 Å². The number of carbonyl (C=O) groups excluding carboxylic acids is 1. The highest BCUT2D eigenvalue weighted by molar-refractivity contribution is 5.94. The van der Waals surface area contributed by atoms with Gasteiger partial charge in [-0.2, -0.15) is 0 Å². The number of hydrogen-bond acceptors (Lipinski definition) is 1. The first-order valence-electron chi connectivity index (χ1n) is 7.75. The second-order valence-corrected chi connectivity index (χ2v) is 5.67. The number of aryl methyl sites for hydroxylation is 2. The molecule has 108 valence electrons. The maximum atomic E-state index is 12.4. The first kappa shape index (κ1) is 13.9. The molecular weight excluding hydrogens is 258 g/mol. The van der Waals surface area contributed by atoms with Gasteiger partial charge in [0.15, 0.2) is 0 Å². The number of amides is 1. The molecule has 1 amide bonds. The molecule has 1 N–H and O–H groups in total. The third-order valence-electron chi connectivity index (χ3n) is 4.30. The van der Waals surface area contributed by atoms with E-state index in [0.717, 1.165) is 31.2 Å². The van der Waals surface area contributed by atoms with Crippen molar-refractivity contribution in [1.82, 2.24) is 5.32 Å². The predicted molar refractivity (Wildman–Crippen MR) is 85.4 cm³/mol. The van der Waals surface area contributed by atoms with Crippen molar-refractivity contribution in [2.24, 2.45) is 0 Å². The van der Waals surface area contributed by atoms with Gasteiger partial charge in [0.2, 0.25) is 0 Å². The van der Waals surface area contributed by atoms with Crippen LogP contribution in [-0.2, 0) is 12.8 Å². The summed E-state index contributed by atoms with van der Waals surface area (Å²) in [6.45, 7) is 2.12. The summed E-state index contributed by atoms with van der Waals surface area (Å²) in [5, 5.41) is 3.19. The van der Waals surface area contributed by atoms with Gasteiger partial charge in [-0.25, -0.2) is 0 Å². The number of benzene rings is 2. The summed E-state index contributed by atoms with van der Waals surface area (Å²) in [6.07, 6.45) is 4.28. The largest absolute Gasteiger partial charge is 0.345 e. The van der Waals surface area contributed by atoms with Gasteiger partial charge in [0, 0.05) is 5.56 Å². The minimum absolute atomic E-state index is 0.0272. The smallest absolute Gasteiger partial charge is 0.251 e. The van der Waals surface area contributed by atoms with Gasteiger partial charge < -0.3 is 5.32 Å². The summed E-state index contributed by atoms with van der Waals surface area (Å²) >= 11 is 0. The van der Waals surface area contributed by atoms with E-state index in [1.807, 2.05) is 24.3 Å². The number of rotatable bonds is 3. The van der Waals surface area contributed by atoms with Crippen LogP contribution in [-0.4, -0.2) is 5.91 Å². The van der Waals surface area contributed by atoms with Crippen molar-refractivity contribution in [3.63, 3.8) is 0 Å². The molecule has 1 atom stereocenters. The highest BCUT2D eigenvalue weighted by Gasteiger charge is 2.21. The summed E-state index contributed by atoms with van der Waals surface area (Å²) in [6, 6.07) is 16.5. The maximum absolute atomic E-state index is 12.4. The Bertz CT molecular complexity index is 630. The Hall–Kier alpha value is -2.09. The Morgan fingerprint density at radius 3 is 2.67 bits per heavy atom. The highest BCUT2D eigenvalue weighted by atomic mass is 16.1. The highest BCUT2D eigenvalue weighted by Crippen LogP contribution is 2.29. The lowest BCUT2D eigenvalue weighted by atomic mass is 9.87. The second kappa shape index (κ2) is 6.13. The van der Waals surface area contributed by atoms with Crippen molar-refractivity contribution in [2.45, 2.75) is 38.6 Å². The Morgan fingerprint density at radius 1 is 1.14 bits per heavy atom. The molecule has 0 fully saturated rings. The van der Waals surface area contributed by atoms with Gasteiger partial charge in [-0.1, -0.05) is 43.3 Å². The summed E-state index contributed by atoms with van der Waals surface area (Å²) < 4.78 is 0. The lowest BCUT2D eigenvalue weighted by molar-refractivity contribution is 0.0933. The topological polar surface area (TPSA) is 29.1 Å². The maximum Gasteiger partial charge on any atom is 0.251 e. The lowest BCUT2D eigenvalue weighted by Gasteiger charge is -2.26. The minimum Gasteiger partial charge on any atom is -0.345 e. The van der Waals surface area contributed by atoms with Crippen LogP contribution in [0.15, 0.2) is 48.5 Å². The average Bonchev–Trinajstić information content (AvgIpc) is 2.55. The zero-order valence-electron chi connectivity index (χ0n) is 12.4. The second-order valence-electron chi connectivity index (χ2n) is 5.67. The molecule has 0 radical (unpaired) electrons. The van der Waals surface area contributed by atoms with Crippen LogP contribution < -0.4 is 5.32 Å². The fourth-order valence-corrected chi connectivity index (χ4v) is 3.04. The third-order valence-corrected chi connectivity index (χ3v) is 4.30. The molecule has 0 bridgehead atoms. The Labute approximate surface area is 126 Å². The number of carbonyl (C=O) groups is 1. The molecule has 2 aromatic carbocycles. The summed E-state index contributed by atoms with van der Waals surface area (Å²) in [4.78, 5) is 12.4. The van der Waals surface area contributed by atoms with Crippen LogP contribution in [0.3, 0.4) is 0 Å². The fourth-order valence-electron chi connectivity index (χ4n) is 3.04. The van der Waals surface area contributed by atoms with Gasteiger partial charge in [0.25, 0.3) is 5.91 Å². The molecule has 2 nitrogen and oxygen atoms in total. The van der Waals surface area contributed by atoms with Crippen LogP contribution in [0.25, 0.3) is 0 Å². The van der Waals surface area contributed by atoms with Crippen molar-refractivity contribution >= 4 is 5.91 Å². The third kappa shape index (κ3) is 2.99. The van der Waals surface area contributed by atoms with Crippen molar-refractivity contribution in [1.29, 1.82) is 0 Å². The van der Waals surface area contributed by atoms with Crippen LogP contribution in [0.5, 0.6) is 0 Å². The molecule has 2 aromatic rings. The quantitative estimate of drug-likeness (QED) is 0.902. The van der Waals surface area contributed by atoms with E-state index in [9.17, 15) is 4.79 Å². The SMILES string of the molecule is CCc1ccc(C(=O)NC2CCCc3ccccc32)cc1. The van der Waals surface area contributed by atoms with E-state index in [-0.39, 0.29) is 11.9 Å². The molecular formula is C19H21NO. The van der Waals surface area contributed by atoms with Crippen LogP contribution in [0, 0.1) is 0 Å². The van der Waals surface area contributed by atoms with E-state index in [1.54, 1.807) is 0 Å². The molecule has 21 heavy (non-hydrogen) atoms. The van der Waals surface area contributed by atoms with Crippen molar-refractivity contribution < 1.29 is 4.79 Å². The average molecular weight is 279 g/mol. The molecule has 2 heteroatoms. The zero-order chi connectivity index (χ0) is 14.7. The molecule has 0 aliphatic heterocycles. The lowest BCUT2D eigenvalue weighted by Crippen LogP contribution is -2.30. The van der Waals surface area contributed by atoms with E-state index in [2.05, 4.69) is 36.5 Å². The van der Waals surface area contributed by atoms with E-state index in [0.29, 0.717) is 0 Å². The first-order chi connectivity index (χ1) is 10.3. The minimum atomic E-state index is 0.0272. The van der Waals surface area contributed by atoms with Crippen molar-refractivity contribution in [3.8, 4) is 0 Å². The molecule has 1 aliphatic rings. The predicted octanol–water partition coefficient (Wildman–Crippen LogP) is 4.06. The summed E-state index contributed by atoms with van der Waals surface area (Å²) in [7, 11) is 0. The van der Waals surface area contributed by atoms with Gasteiger partial charge in [-0.3, -0.25) is 4.79 Å². The van der Waals surface area contributed by atoms with E-state index in [1.165, 1.54) is 16.7 Å². The van der Waals surface area contributed by atoms with E-state index in [4.69, 9.17) is 0 Å². The molecule has 1 aliphatic carbocycles. The van der Waals surface area contributed by atoms with Gasteiger partial charge in [-0.05, 0) is 54.5 Å². The van der Waals surface area contributed by atoms with E-state index >= 15 is 0 Å². The molecule has 0 saturated carbocycles. The van der Waals surface area contributed by atoms with E-state index < -0.39 is 0 Å². The first-order valence-corrected chi connectivity index (χ1v) is 7.75. The summed E-state index contributed by atoms with van der Waals surface area (Å²) in [5.41, 5.74) is 4.66. The molecule has 0 aromatic heterocycles. The van der Waals surface area contributed by atoms with Gasteiger partial charge in [-0.15, -0.1) is 0 Å². The van der Waals surface area contributed by atoms with Crippen LogP contribution in [0.1, 0.15) is 52.9 Å². The fraction of sp³-hybridized carbons (Fsp3) is 0.316. The molecule has 0 saturated heterocycles. The normalized spacial score (nSPS) is 17.1. The van der Waals surface area contributed by atoms with Gasteiger partial charge in [0.1, 0.15) is 0 Å². The van der Waals surface area contributed by atoms with Crippen LogP contribution >= 0.6 is 0 Å². The monoisotopic (exact) mass is 279 g/mol. The molecule has 0 heterocycles. The van der Waals surface area contributed by atoms with Crippen molar-refractivity contribution in [2.75, 3.05) is 0 Å². The Kier molecular flexibility index (Phi) is 4.05. The van der Waals surface area contributed by atoms with Crippen molar-refractivity contribution in [3.05, 3.63) is 70.8 Å². The zero-order valence-corrected chi connectivity index (χ0v) is 12.4. The molecule has 3 rings (SSSR count). The van der Waals surface area contributed by atoms with Crippen LogP contribution in [0.2, 0.25) is 0 Å². The number of fused-ring (bicyclic) bond motifs is 1. The van der Waals surface area contributed by atoms with Crippen LogP contribution in [0.4, 0.5) is 0 Å². The number of hydrogen-bond donors (Lipinski definition) is 1. The number of nitrogens with one attached hydrogen (secondary N) is 1.